The van der Waals surface area contributed by atoms with Crippen molar-refractivity contribution in [3.63, 3.8) is 0 Å². The SMILES string of the molecule is CCCNC(Cc1cccc(OC)c1)c1ccccc1. The van der Waals surface area contributed by atoms with Gasteiger partial charge in [-0.3, -0.25) is 0 Å². The van der Waals surface area contributed by atoms with E-state index in [9.17, 15) is 0 Å². The summed E-state index contributed by atoms with van der Waals surface area (Å²) in [5.41, 5.74) is 2.63. The normalized spacial score (nSPS) is 12.1. The Morgan fingerprint density at radius 2 is 1.85 bits per heavy atom. The van der Waals surface area contributed by atoms with Crippen LogP contribution in [0.5, 0.6) is 5.75 Å². The highest BCUT2D eigenvalue weighted by atomic mass is 16.5. The maximum Gasteiger partial charge on any atom is 0.119 e. The highest BCUT2D eigenvalue weighted by Gasteiger charge is 2.11. The minimum atomic E-state index is 0.350. The predicted octanol–water partition coefficient (Wildman–Crippen LogP) is 3.98. The predicted molar refractivity (Wildman–Crippen MR) is 84.2 cm³/mol. The fourth-order valence-corrected chi connectivity index (χ4v) is 2.35. The molecule has 106 valence electrons. The smallest absolute Gasteiger partial charge is 0.119 e. The molecule has 2 heteroatoms. The maximum absolute atomic E-state index is 5.30. The van der Waals surface area contributed by atoms with Crippen LogP contribution in [0.2, 0.25) is 0 Å². The molecule has 2 rings (SSSR count). The van der Waals surface area contributed by atoms with E-state index in [-0.39, 0.29) is 0 Å². The first-order valence-electron chi connectivity index (χ1n) is 7.24. The molecular weight excluding hydrogens is 246 g/mol. The number of ether oxygens (including phenoxy) is 1. The van der Waals surface area contributed by atoms with E-state index in [0.29, 0.717) is 6.04 Å². The van der Waals surface area contributed by atoms with Gasteiger partial charge in [0, 0.05) is 6.04 Å². The first-order valence-corrected chi connectivity index (χ1v) is 7.24. The van der Waals surface area contributed by atoms with Crippen LogP contribution in [0.3, 0.4) is 0 Å². The molecule has 2 nitrogen and oxygen atoms in total. The van der Waals surface area contributed by atoms with Crippen LogP contribution in [0.4, 0.5) is 0 Å². The Balaban J connectivity index is 2.14. The lowest BCUT2D eigenvalue weighted by Crippen LogP contribution is -2.24. The van der Waals surface area contributed by atoms with Crippen molar-refractivity contribution < 1.29 is 4.74 Å². The van der Waals surface area contributed by atoms with E-state index in [1.165, 1.54) is 11.1 Å². The van der Waals surface area contributed by atoms with Crippen LogP contribution in [0.15, 0.2) is 54.6 Å². The lowest BCUT2D eigenvalue weighted by atomic mass is 9.98. The zero-order chi connectivity index (χ0) is 14.2. The lowest BCUT2D eigenvalue weighted by molar-refractivity contribution is 0.413. The van der Waals surface area contributed by atoms with Gasteiger partial charge in [-0.2, -0.15) is 0 Å². The molecule has 0 saturated carbocycles. The molecule has 1 N–H and O–H groups in total. The van der Waals surface area contributed by atoms with Crippen LogP contribution < -0.4 is 10.1 Å². The molecule has 1 atom stereocenters. The van der Waals surface area contributed by atoms with Crippen LogP contribution in [0, 0.1) is 0 Å². The molecule has 0 saturated heterocycles. The quantitative estimate of drug-likeness (QED) is 0.821. The minimum absolute atomic E-state index is 0.350. The average molecular weight is 269 g/mol. The molecule has 2 aromatic rings. The molecule has 0 bridgehead atoms. The summed E-state index contributed by atoms with van der Waals surface area (Å²) < 4.78 is 5.30. The highest BCUT2D eigenvalue weighted by Crippen LogP contribution is 2.21. The standard InChI is InChI=1S/C18H23NO/c1-3-12-19-18(16-9-5-4-6-10-16)14-15-8-7-11-17(13-15)20-2/h4-11,13,18-19H,3,12,14H2,1-2H3. The molecule has 20 heavy (non-hydrogen) atoms. The van der Waals surface area contributed by atoms with E-state index in [4.69, 9.17) is 4.74 Å². The van der Waals surface area contributed by atoms with Gasteiger partial charge in [-0.15, -0.1) is 0 Å². The van der Waals surface area contributed by atoms with Crippen molar-refractivity contribution in [2.75, 3.05) is 13.7 Å². The third-order valence-corrected chi connectivity index (χ3v) is 3.42. The van der Waals surface area contributed by atoms with Crippen LogP contribution in [0.25, 0.3) is 0 Å². The monoisotopic (exact) mass is 269 g/mol. The molecule has 0 aliphatic heterocycles. The molecule has 2 aromatic carbocycles. The molecule has 0 aliphatic carbocycles. The number of methoxy groups -OCH3 is 1. The van der Waals surface area contributed by atoms with Crippen LogP contribution in [0.1, 0.15) is 30.5 Å². The fraction of sp³-hybridized carbons (Fsp3) is 0.333. The molecule has 0 fully saturated rings. The Bertz CT molecular complexity index is 510. The molecule has 1 unspecified atom stereocenters. The van der Waals surface area contributed by atoms with Crippen molar-refractivity contribution in [3.05, 3.63) is 65.7 Å². The first-order chi connectivity index (χ1) is 9.83. The number of hydrogen-bond acceptors (Lipinski definition) is 2. The Hall–Kier alpha value is -1.80. The summed E-state index contributed by atoms with van der Waals surface area (Å²) in [5, 5.41) is 3.63. The highest BCUT2D eigenvalue weighted by molar-refractivity contribution is 5.30. The Morgan fingerprint density at radius 3 is 2.55 bits per heavy atom. The van der Waals surface area contributed by atoms with Gasteiger partial charge in [0.1, 0.15) is 5.75 Å². The molecule has 0 aliphatic rings. The van der Waals surface area contributed by atoms with E-state index < -0.39 is 0 Å². The molecule has 0 heterocycles. The minimum Gasteiger partial charge on any atom is -0.497 e. The Kier molecular flexibility index (Phi) is 5.63. The Morgan fingerprint density at radius 1 is 1.05 bits per heavy atom. The zero-order valence-corrected chi connectivity index (χ0v) is 12.3. The summed E-state index contributed by atoms with van der Waals surface area (Å²) >= 11 is 0. The van der Waals surface area contributed by atoms with E-state index in [2.05, 4.69) is 60.8 Å². The van der Waals surface area contributed by atoms with E-state index in [1.807, 2.05) is 6.07 Å². The van der Waals surface area contributed by atoms with Gasteiger partial charge in [-0.1, -0.05) is 49.4 Å². The van der Waals surface area contributed by atoms with Gasteiger partial charge in [0.25, 0.3) is 0 Å². The van der Waals surface area contributed by atoms with Gasteiger partial charge in [0.15, 0.2) is 0 Å². The molecule has 0 radical (unpaired) electrons. The van der Waals surface area contributed by atoms with Crippen molar-refractivity contribution in [2.45, 2.75) is 25.8 Å². The third kappa shape index (κ3) is 4.10. The summed E-state index contributed by atoms with van der Waals surface area (Å²) in [5.74, 6) is 0.921. The topological polar surface area (TPSA) is 21.3 Å². The number of rotatable bonds is 7. The number of benzene rings is 2. The van der Waals surface area contributed by atoms with E-state index in [1.54, 1.807) is 7.11 Å². The summed E-state index contributed by atoms with van der Waals surface area (Å²) in [4.78, 5) is 0. The summed E-state index contributed by atoms with van der Waals surface area (Å²) in [6, 6.07) is 19.3. The zero-order valence-electron chi connectivity index (χ0n) is 12.3. The van der Waals surface area contributed by atoms with Gasteiger partial charge >= 0.3 is 0 Å². The molecular formula is C18H23NO. The van der Waals surface area contributed by atoms with Crippen LogP contribution in [-0.2, 0) is 6.42 Å². The number of nitrogens with one attached hydrogen (secondary N) is 1. The van der Waals surface area contributed by atoms with Gasteiger partial charge in [0.05, 0.1) is 7.11 Å². The Labute approximate surface area is 121 Å². The second kappa shape index (κ2) is 7.71. The molecule has 0 aromatic heterocycles. The average Bonchev–Trinajstić information content (AvgIpc) is 2.52. The molecule has 0 amide bonds. The summed E-state index contributed by atoms with van der Waals surface area (Å²) in [6.07, 6.45) is 2.11. The van der Waals surface area contributed by atoms with Crippen LogP contribution in [-0.4, -0.2) is 13.7 Å². The first kappa shape index (κ1) is 14.6. The number of hydrogen-bond donors (Lipinski definition) is 1. The van der Waals surface area contributed by atoms with Crippen molar-refractivity contribution in [3.8, 4) is 5.75 Å². The lowest BCUT2D eigenvalue weighted by Gasteiger charge is -2.19. The summed E-state index contributed by atoms with van der Waals surface area (Å²) in [7, 11) is 1.71. The second-order valence-corrected chi connectivity index (χ2v) is 4.97. The van der Waals surface area contributed by atoms with E-state index in [0.717, 1.165) is 25.1 Å². The summed E-state index contributed by atoms with van der Waals surface area (Å²) in [6.45, 7) is 3.23. The van der Waals surface area contributed by atoms with Crippen molar-refractivity contribution in [2.24, 2.45) is 0 Å². The van der Waals surface area contributed by atoms with Crippen molar-refractivity contribution in [1.29, 1.82) is 0 Å². The van der Waals surface area contributed by atoms with Crippen molar-refractivity contribution >= 4 is 0 Å². The van der Waals surface area contributed by atoms with E-state index >= 15 is 0 Å². The molecule has 0 spiro atoms. The second-order valence-electron chi connectivity index (χ2n) is 4.97. The fourth-order valence-electron chi connectivity index (χ4n) is 2.35. The third-order valence-electron chi connectivity index (χ3n) is 3.42. The van der Waals surface area contributed by atoms with Gasteiger partial charge in [-0.05, 0) is 42.6 Å². The van der Waals surface area contributed by atoms with Gasteiger partial charge < -0.3 is 10.1 Å². The van der Waals surface area contributed by atoms with Crippen LogP contribution >= 0.6 is 0 Å². The maximum atomic E-state index is 5.30. The van der Waals surface area contributed by atoms with Gasteiger partial charge in [0.2, 0.25) is 0 Å². The largest absolute Gasteiger partial charge is 0.497 e. The van der Waals surface area contributed by atoms with Crippen molar-refractivity contribution in [1.82, 2.24) is 5.32 Å². The van der Waals surface area contributed by atoms with Gasteiger partial charge in [-0.25, -0.2) is 0 Å².